The zero-order valence-electron chi connectivity index (χ0n) is 34.3. The second kappa shape index (κ2) is 29.5. The van der Waals surface area contributed by atoms with E-state index in [4.69, 9.17) is 0 Å². The standard InChI is InChI=1S/C48H87N3/c1-4-10-16-22-31-46-34-28-41-50(43-46)38-26-20-14-8-3-6-12-18-24-33-48-36-30-42-51(45-48)39-27-21-15-9-2-5-11-17-23-32-47-35-29-40-49(44-47)37-25-19-13-7-1/h16-18,22-24,46-48H,1-15,19-21,25-45H2/p+3. The first-order valence-electron chi connectivity index (χ1n) is 23.8. The Labute approximate surface area is 319 Å². The van der Waals surface area contributed by atoms with E-state index < -0.39 is 0 Å². The Bertz CT molecular complexity index is 779. The third-order valence-electron chi connectivity index (χ3n) is 13.5. The molecule has 0 aromatic rings. The minimum atomic E-state index is 0.944. The fraction of sp³-hybridized carbons (Fsp3) is 0.875. The van der Waals surface area contributed by atoms with Crippen molar-refractivity contribution in [3.63, 3.8) is 0 Å². The lowest BCUT2D eigenvalue weighted by atomic mass is 9.94. The molecule has 0 aromatic carbocycles. The topological polar surface area (TPSA) is 13.3 Å². The quantitative estimate of drug-likeness (QED) is 0.208. The average Bonchev–Trinajstić information content (AvgIpc) is 3.15. The number of piperidine rings is 3. The molecular weight excluding hydrogens is 619 g/mol. The van der Waals surface area contributed by atoms with Crippen LogP contribution in [0.4, 0.5) is 0 Å². The minimum Gasteiger partial charge on any atom is -0.335 e. The van der Waals surface area contributed by atoms with Crippen molar-refractivity contribution in [2.24, 2.45) is 17.8 Å². The second-order valence-corrected chi connectivity index (χ2v) is 18.2. The van der Waals surface area contributed by atoms with E-state index in [1.807, 2.05) is 14.7 Å². The monoisotopic (exact) mass is 709 g/mol. The molecule has 294 valence electrons. The minimum absolute atomic E-state index is 0.944. The predicted octanol–water partition coefficient (Wildman–Crippen LogP) is 8.92. The number of rotatable bonds is 0. The molecule has 0 aliphatic carbocycles. The Morgan fingerprint density at radius 3 is 0.824 bits per heavy atom. The molecule has 0 aromatic heterocycles. The predicted molar refractivity (Wildman–Crippen MR) is 223 cm³/mol. The molecule has 0 amide bonds. The summed E-state index contributed by atoms with van der Waals surface area (Å²) in [6, 6.07) is 0. The first kappa shape index (κ1) is 42.8. The Balaban J connectivity index is 1.10. The van der Waals surface area contributed by atoms with Crippen LogP contribution in [0.2, 0.25) is 0 Å². The van der Waals surface area contributed by atoms with Gasteiger partial charge in [-0.05, 0) is 135 Å². The molecule has 3 heteroatoms. The molecule has 4 aliphatic rings. The zero-order chi connectivity index (χ0) is 35.3. The van der Waals surface area contributed by atoms with Gasteiger partial charge in [-0.25, -0.2) is 0 Å². The Morgan fingerprint density at radius 1 is 0.255 bits per heavy atom. The highest BCUT2D eigenvalue weighted by atomic mass is 15.1. The maximum Gasteiger partial charge on any atom is 0.0802 e. The van der Waals surface area contributed by atoms with E-state index in [1.165, 1.54) is 252 Å². The zero-order valence-corrected chi connectivity index (χ0v) is 34.3. The summed E-state index contributed by atoms with van der Waals surface area (Å²) in [5, 5.41) is 0. The van der Waals surface area contributed by atoms with E-state index in [1.54, 1.807) is 0 Å². The van der Waals surface area contributed by atoms with Gasteiger partial charge in [-0.3, -0.25) is 0 Å². The maximum absolute atomic E-state index is 2.56. The van der Waals surface area contributed by atoms with Gasteiger partial charge in [-0.15, -0.1) is 0 Å². The van der Waals surface area contributed by atoms with Crippen LogP contribution >= 0.6 is 0 Å². The molecule has 0 radical (unpaired) electrons. The third kappa shape index (κ3) is 21.5. The van der Waals surface area contributed by atoms with Crippen molar-refractivity contribution < 1.29 is 14.7 Å². The molecule has 51 heavy (non-hydrogen) atoms. The van der Waals surface area contributed by atoms with Gasteiger partial charge in [0.15, 0.2) is 0 Å². The number of fused-ring (bicyclic) bond motifs is 6. The smallest absolute Gasteiger partial charge is 0.0802 e. The van der Waals surface area contributed by atoms with Crippen LogP contribution in [0.25, 0.3) is 0 Å². The van der Waals surface area contributed by atoms with Gasteiger partial charge in [0, 0.05) is 17.8 Å². The van der Waals surface area contributed by atoms with Crippen molar-refractivity contribution >= 4 is 0 Å². The number of nitrogens with one attached hydrogen (secondary N) is 3. The van der Waals surface area contributed by atoms with E-state index in [2.05, 4.69) is 36.5 Å². The number of hydrogen-bond donors (Lipinski definition) is 3. The Hall–Kier alpha value is -0.900. The van der Waals surface area contributed by atoms with Crippen molar-refractivity contribution in [1.29, 1.82) is 0 Å². The van der Waals surface area contributed by atoms with Gasteiger partial charge in [-0.1, -0.05) is 94.2 Å². The van der Waals surface area contributed by atoms with Crippen molar-refractivity contribution in [2.75, 3.05) is 58.9 Å². The van der Waals surface area contributed by atoms with Crippen LogP contribution in [-0.2, 0) is 0 Å². The van der Waals surface area contributed by atoms with Crippen molar-refractivity contribution in [3.05, 3.63) is 36.5 Å². The van der Waals surface area contributed by atoms with Crippen LogP contribution in [0.3, 0.4) is 0 Å². The summed E-state index contributed by atoms with van der Waals surface area (Å²) in [6.45, 7) is 12.9. The van der Waals surface area contributed by atoms with Crippen LogP contribution in [0.5, 0.6) is 0 Å². The maximum atomic E-state index is 2.56. The summed E-state index contributed by atoms with van der Waals surface area (Å²) in [7, 11) is 0. The first-order valence-corrected chi connectivity index (χ1v) is 23.8. The van der Waals surface area contributed by atoms with Gasteiger partial charge in [0.25, 0.3) is 0 Å². The van der Waals surface area contributed by atoms with Crippen molar-refractivity contribution in [2.45, 2.75) is 193 Å². The molecule has 3 saturated heterocycles. The summed E-state index contributed by atoms with van der Waals surface area (Å²) in [5.41, 5.74) is 0. The summed E-state index contributed by atoms with van der Waals surface area (Å²) >= 11 is 0. The molecule has 0 saturated carbocycles. The van der Waals surface area contributed by atoms with E-state index in [9.17, 15) is 0 Å². The molecular formula is C48H90N3+3. The van der Waals surface area contributed by atoms with E-state index in [-0.39, 0.29) is 0 Å². The fourth-order valence-electron chi connectivity index (χ4n) is 10.3. The SMILES string of the molecule is C1=CCC2CCC[NH+](CCCCCCCCC=CCC3CCC[NH+](CCCCCCCCC=CCC4CCC[NH+](CCCCCCCC1)C4)C3)C2. The molecule has 6 unspecified atom stereocenters. The van der Waals surface area contributed by atoms with E-state index in [0.717, 1.165) is 17.8 Å². The van der Waals surface area contributed by atoms with Gasteiger partial charge in [0.05, 0.1) is 58.9 Å². The first-order chi connectivity index (χ1) is 25.3. The molecule has 6 atom stereocenters. The molecule has 4 aliphatic heterocycles. The summed E-state index contributed by atoms with van der Waals surface area (Å²) in [4.78, 5) is 5.74. The number of allylic oxidation sites excluding steroid dienone is 6. The molecule has 6 bridgehead atoms. The molecule has 3 fully saturated rings. The molecule has 3 N–H and O–H groups in total. The lowest BCUT2D eigenvalue weighted by Gasteiger charge is -2.29. The van der Waals surface area contributed by atoms with Crippen LogP contribution in [-0.4, -0.2) is 58.9 Å². The fourth-order valence-corrected chi connectivity index (χ4v) is 10.3. The molecule has 0 spiro atoms. The second-order valence-electron chi connectivity index (χ2n) is 18.2. The largest absolute Gasteiger partial charge is 0.335 e. The average molecular weight is 709 g/mol. The van der Waals surface area contributed by atoms with Crippen LogP contribution in [0.1, 0.15) is 193 Å². The van der Waals surface area contributed by atoms with Crippen molar-refractivity contribution in [3.8, 4) is 0 Å². The highest BCUT2D eigenvalue weighted by Crippen LogP contribution is 2.17. The highest BCUT2D eigenvalue weighted by Gasteiger charge is 2.23. The van der Waals surface area contributed by atoms with Crippen LogP contribution < -0.4 is 14.7 Å². The van der Waals surface area contributed by atoms with Crippen LogP contribution in [0.15, 0.2) is 36.5 Å². The van der Waals surface area contributed by atoms with Gasteiger partial charge in [-0.2, -0.15) is 0 Å². The molecule has 3 nitrogen and oxygen atoms in total. The van der Waals surface area contributed by atoms with E-state index >= 15 is 0 Å². The lowest BCUT2D eigenvalue weighted by molar-refractivity contribution is -0.909. The number of hydrogen-bond acceptors (Lipinski definition) is 0. The molecule has 4 heterocycles. The van der Waals surface area contributed by atoms with Crippen molar-refractivity contribution in [1.82, 2.24) is 0 Å². The number of quaternary nitrogens is 3. The Morgan fingerprint density at radius 2 is 0.510 bits per heavy atom. The Kier molecular flexibility index (Phi) is 24.7. The van der Waals surface area contributed by atoms with Gasteiger partial charge in [0.1, 0.15) is 0 Å². The lowest BCUT2D eigenvalue weighted by Crippen LogP contribution is -3.13. The van der Waals surface area contributed by atoms with Crippen LogP contribution in [0, 0.1) is 17.8 Å². The summed E-state index contributed by atoms with van der Waals surface area (Å²) < 4.78 is 0. The normalized spacial score (nSPS) is 32.9. The van der Waals surface area contributed by atoms with E-state index in [0.29, 0.717) is 0 Å². The van der Waals surface area contributed by atoms with Gasteiger partial charge < -0.3 is 14.7 Å². The summed E-state index contributed by atoms with van der Waals surface area (Å²) in [6.07, 6.45) is 58.0. The van der Waals surface area contributed by atoms with Gasteiger partial charge >= 0.3 is 0 Å². The molecule has 4 rings (SSSR count). The highest BCUT2D eigenvalue weighted by molar-refractivity contribution is 4.86. The summed E-state index contributed by atoms with van der Waals surface area (Å²) in [5.74, 6) is 2.83. The van der Waals surface area contributed by atoms with Gasteiger partial charge in [0.2, 0.25) is 0 Å². The third-order valence-corrected chi connectivity index (χ3v) is 13.5.